The number of hydrogen-bond donors (Lipinski definition) is 2. The molecule has 0 spiro atoms. The van der Waals surface area contributed by atoms with Gasteiger partial charge in [-0.15, -0.1) is 0 Å². The zero-order valence-corrected chi connectivity index (χ0v) is 13.1. The average molecular weight is 294 g/mol. The van der Waals surface area contributed by atoms with Crippen LogP contribution in [0, 0.1) is 0 Å². The molecule has 1 aromatic carbocycles. The first-order valence-electron chi connectivity index (χ1n) is 7.43. The Balaban J connectivity index is 2.70. The van der Waals surface area contributed by atoms with E-state index in [1.807, 2.05) is 18.2 Å². The van der Waals surface area contributed by atoms with Crippen molar-refractivity contribution in [1.29, 1.82) is 0 Å². The van der Waals surface area contributed by atoms with E-state index in [0.717, 1.165) is 24.8 Å². The average Bonchev–Trinajstić information content (AvgIpc) is 2.48. The lowest BCUT2D eigenvalue weighted by molar-refractivity contribution is -0.127. The summed E-state index contributed by atoms with van der Waals surface area (Å²) >= 11 is 0. The number of carbonyl (C=O) groups excluding carboxylic acids is 1. The van der Waals surface area contributed by atoms with Crippen LogP contribution in [0.1, 0.15) is 32.3 Å². The highest BCUT2D eigenvalue weighted by Gasteiger charge is 2.16. The van der Waals surface area contributed by atoms with E-state index >= 15 is 0 Å². The Morgan fingerprint density at radius 1 is 1.38 bits per heavy atom. The van der Waals surface area contributed by atoms with Crippen LogP contribution < -0.4 is 20.5 Å². The fourth-order valence-corrected chi connectivity index (χ4v) is 1.91. The molecule has 0 bridgehead atoms. The molecule has 0 saturated carbocycles. The van der Waals surface area contributed by atoms with E-state index < -0.39 is 6.10 Å². The minimum atomic E-state index is -0.566. The zero-order chi connectivity index (χ0) is 15.7. The SMILES string of the molecule is CCCCNC(=O)C(C)Oc1cc(CCN)ccc1OC. The van der Waals surface area contributed by atoms with E-state index in [0.29, 0.717) is 24.6 Å². The minimum Gasteiger partial charge on any atom is -0.493 e. The van der Waals surface area contributed by atoms with Gasteiger partial charge in [-0.05, 0) is 44.0 Å². The molecule has 1 rings (SSSR count). The van der Waals surface area contributed by atoms with Crippen molar-refractivity contribution in [3.05, 3.63) is 23.8 Å². The fourth-order valence-electron chi connectivity index (χ4n) is 1.91. The van der Waals surface area contributed by atoms with Crippen LogP contribution in [0.4, 0.5) is 0 Å². The summed E-state index contributed by atoms with van der Waals surface area (Å²) in [6.07, 6.45) is 2.21. The maximum Gasteiger partial charge on any atom is 0.260 e. The third-order valence-electron chi connectivity index (χ3n) is 3.16. The molecule has 0 aliphatic carbocycles. The Hall–Kier alpha value is -1.75. The number of nitrogens with one attached hydrogen (secondary N) is 1. The quantitative estimate of drug-likeness (QED) is 0.682. The lowest BCUT2D eigenvalue weighted by atomic mass is 10.1. The number of benzene rings is 1. The second kappa shape index (κ2) is 9.23. The van der Waals surface area contributed by atoms with E-state index in [2.05, 4.69) is 12.2 Å². The maximum absolute atomic E-state index is 11.9. The first-order chi connectivity index (χ1) is 10.1. The molecule has 21 heavy (non-hydrogen) atoms. The van der Waals surface area contributed by atoms with Crippen molar-refractivity contribution >= 4 is 5.91 Å². The largest absolute Gasteiger partial charge is 0.493 e. The lowest BCUT2D eigenvalue weighted by Gasteiger charge is -2.17. The Morgan fingerprint density at radius 2 is 2.14 bits per heavy atom. The molecule has 0 fully saturated rings. The topological polar surface area (TPSA) is 73.6 Å². The summed E-state index contributed by atoms with van der Waals surface area (Å²) < 4.78 is 11.0. The van der Waals surface area contributed by atoms with Gasteiger partial charge in [0.15, 0.2) is 17.6 Å². The van der Waals surface area contributed by atoms with Gasteiger partial charge < -0.3 is 20.5 Å². The molecule has 5 heteroatoms. The number of methoxy groups -OCH3 is 1. The first-order valence-corrected chi connectivity index (χ1v) is 7.43. The molecule has 0 aliphatic heterocycles. The predicted molar refractivity (Wildman–Crippen MR) is 83.8 cm³/mol. The normalized spacial score (nSPS) is 11.8. The minimum absolute atomic E-state index is 0.116. The highest BCUT2D eigenvalue weighted by Crippen LogP contribution is 2.29. The van der Waals surface area contributed by atoms with Gasteiger partial charge in [-0.1, -0.05) is 19.4 Å². The summed E-state index contributed by atoms with van der Waals surface area (Å²) in [7, 11) is 1.58. The summed E-state index contributed by atoms with van der Waals surface area (Å²) in [5, 5.41) is 2.86. The molecule has 3 N–H and O–H groups in total. The van der Waals surface area contributed by atoms with Gasteiger partial charge in [0.05, 0.1) is 7.11 Å². The van der Waals surface area contributed by atoms with Crippen molar-refractivity contribution in [2.24, 2.45) is 5.73 Å². The molecule has 1 aromatic rings. The Labute approximate surface area is 126 Å². The summed E-state index contributed by atoms with van der Waals surface area (Å²) in [4.78, 5) is 11.9. The van der Waals surface area contributed by atoms with Gasteiger partial charge in [0, 0.05) is 6.54 Å². The van der Waals surface area contributed by atoms with E-state index in [1.54, 1.807) is 14.0 Å². The van der Waals surface area contributed by atoms with Gasteiger partial charge in [0.1, 0.15) is 0 Å². The number of nitrogens with two attached hydrogens (primary N) is 1. The zero-order valence-electron chi connectivity index (χ0n) is 13.1. The maximum atomic E-state index is 11.9. The van der Waals surface area contributed by atoms with Crippen molar-refractivity contribution in [2.75, 3.05) is 20.2 Å². The second-order valence-electron chi connectivity index (χ2n) is 4.93. The van der Waals surface area contributed by atoms with Crippen LogP contribution >= 0.6 is 0 Å². The number of unbranched alkanes of at least 4 members (excludes halogenated alkanes) is 1. The van der Waals surface area contributed by atoms with Crippen molar-refractivity contribution < 1.29 is 14.3 Å². The molecular weight excluding hydrogens is 268 g/mol. The third-order valence-corrected chi connectivity index (χ3v) is 3.16. The van der Waals surface area contributed by atoms with Crippen LogP contribution in [-0.2, 0) is 11.2 Å². The third kappa shape index (κ3) is 5.63. The van der Waals surface area contributed by atoms with Gasteiger partial charge in [-0.3, -0.25) is 4.79 Å². The summed E-state index contributed by atoms with van der Waals surface area (Å²) in [5.41, 5.74) is 6.62. The second-order valence-corrected chi connectivity index (χ2v) is 4.93. The molecule has 1 amide bonds. The molecule has 1 unspecified atom stereocenters. The van der Waals surface area contributed by atoms with E-state index in [4.69, 9.17) is 15.2 Å². The molecule has 1 atom stereocenters. The van der Waals surface area contributed by atoms with E-state index in [-0.39, 0.29) is 5.91 Å². The fraction of sp³-hybridized carbons (Fsp3) is 0.562. The molecule has 5 nitrogen and oxygen atoms in total. The lowest BCUT2D eigenvalue weighted by Crippen LogP contribution is -2.36. The molecule has 0 saturated heterocycles. The number of rotatable bonds is 9. The number of carbonyl (C=O) groups is 1. The van der Waals surface area contributed by atoms with Crippen molar-refractivity contribution in [1.82, 2.24) is 5.32 Å². The molecule has 118 valence electrons. The van der Waals surface area contributed by atoms with E-state index in [1.165, 1.54) is 0 Å². The molecule has 0 aromatic heterocycles. The smallest absolute Gasteiger partial charge is 0.260 e. The molecule has 0 radical (unpaired) electrons. The molecule has 0 aliphatic rings. The highest BCUT2D eigenvalue weighted by atomic mass is 16.5. The number of amides is 1. The summed E-state index contributed by atoms with van der Waals surface area (Å²) in [5.74, 6) is 1.07. The van der Waals surface area contributed by atoms with Crippen LogP contribution in [0.2, 0.25) is 0 Å². The van der Waals surface area contributed by atoms with Crippen LogP contribution in [0.5, 0.6) is 11.5 Å². The number of hydrogen-bond acceptors (Lipinski definition) is 4. The van der Waals surface area contributed by atoms with E-state index in [9.17, 15) is 4.79 Å². The molecule has 0 heterocycles. The Kier molecular flexibility index (Phi) is 7.61. The van der Waals surface area contributed by atoms with Gasteiger partial charge in [0.25, 0.3) is 5.91 Å². The van der Waals surface area contributed by atoms with Crippen LogP contribution in [0.15, 0.2) is 18.2 Å². The standard InChI is InChI=1S/C16H26N2O3/c1-4-5-10-18-16(19)12(2)21-15-11-13(8-9-17)6-7-14(15)20-3/h6-7,11-12H,4-5,8-10,17H2,1-3H3,(H,18,19). The van der Waals surface area contributed by atoms with Crippen LogP contribution in [-0.4, -0.2) is 32.2 Å². The van der Waals surface area contributed by atoms with Crippen molar-refractivity contribution in [3.63, 3.8) is 0 Å². The number of ether oxygens (including phenoxy) is 2. The summed E-state index contributed by atoms with van der Waals surface area (Å²) in [6, 6.07) is 5.66. The predicted octanol–water partition coefficient (Wildman–Crippen LogP) is 1.88. The Morgan fingerprint density at radius 3 is 2.76 bits per heavy atom. The van der Waals surface area contributed by atoms with Crippen molar-refractivity contribution in [3.8, 4) is 11.5 Å². The first kappa shape index (κ1) is 17.3. The molecular formula is C16H26N2O3. The monoisotopic (exact) mass is 294 g/mol. The highest BCUT2D eigenvalue weighted by molar-refractivity contribution is 5.80. The van der Waals surface area contributed by atoms with Gasteiger partial charge in [0.2, 0.25) is 0 Å². The Bertz CT molecular complexity index is 449. The van der Waals surface area contributed by atoms with Gasteiger partial charge >= 0.3 is 0 Å². The van der Waals surface area contributed by atoms with Crippen molar-refractivity contribution in [2.45, 2.75) is 39.2 Å². The summed E-state index contributed by atoms with van der Waals surface area (Å²) in [6.45, 7) is 5.06. The van der Waals surface area contributed by atoms with Crippen LogP contribution in [0.3, 0.4) is 0 Å². The van der Waals surface area contributed by atoms with Gasteiger partial charge in [-0.2, -0.15) is 0 Å². The van der Waals surface area contributed by atoms with Crippen LogP contribution in [0.25, 0.3) is 0 Å². The van der Waals surface area contributed by atoms with Gasteiger partial charge in [-0.25, -0.2) is 0 Å².